The molecule has 0 amide bonds. The van der Waals surface area contributed by atoms with Gasteiger partial charge in [-0.3, -0.25) is 0 Å². The second kappa shape index (κ2) is 7.39. The van der Waals surface area contributed by atoms with Crippen LogP contribution in [-0.4, -0.2) is 29.0 Å². The number of pyridine rings is 1. The predicted molar refractivity (Wildman–Crippen MR) is 96.7 cm³/mol. The molecule has 0 unspecified atom stereocenters. The van der Waals surface area contributed by atoms with Gasteiger partial charge < -0.3 is 14.1 Å². The average Bonchev–Trinajstić information content (AvgIpc) is 3.39. The van der Waals surface area contributed by atoms with Crippen LogP contribution in [0.25, 0.3) is 11.5 Å². The number of hydrogen-bond acceptors (Lipinski definition) is 6. The Morgan fingerprint density at radius 1 is 1.12 bits per heavy atom. The third-order valence-corrected chi connectivity index (χ3v) is 4.34. The fourth-order valence-electron chi connectivity index (χ4n) is 3.04. The van der Waals surface area contributed by atoms with Crippen LogP contribution in [-0.2, 0) is 11.3 Å². The minimum absolute atomic E-state index is 0.0590. The van der Waals surface area contributed by atoms with E-state index >= 15 is 0 Å². The van der Waals surface area contributed by atoms with E-state index in [1.54, 1.807) is 18.3 Å². The molecule has 0 atom stereocenters. The van der Waals surface area contributed by atoms with Gasteiger partial charge in [0.05, 0.1) is 0 Å². The maximum atomic E-state index is 12.5. The van der Waals surface area contributed by atoms with Crippen molar-refractivity contribution in [3.8, 4) is 11.5 Å². The quantitative estimate of drug-likeness (QED) is 0.654. The number of nitrogens with zero attached hydrogens (tertiary/aromatic N) is 3. The van der Waals surface area contributed by atoms with E-state index in [0.29, 0.717) is 23.0 Å². The topological polar surface area (TPSA) is 68.5 Å². The summed E-state index contributed by atoms with van der Waals surface area (Å²) in [4.78, 5) is 23.4. The normalized spacial score (nSPS) is 13.8. The molecular weight excluding hydrogens is 330 g/mol. The summed E-state index contributed by atoms with van der Waals surface area (Å²) < 4.78 is 10.9. The third-order valence-electron chi connectivity index (χ3n) is 4.34. The van der Waals surface area contributed by atoms with E-state index in [1.807, 2.05) is 30.3 Å². The highest BCUT2D eigenvalue weighted by atomic mass is 16.5. The highest BCUT2D eigenvalue weighted by molar-refractivity contribution is 5.94. The van der Waals surface area contributed by atoms with Gasteiger partial charge >= 0.3 is 5.97 Å². The summed E-state index contributed by atoms with van der Waals surface area (Å²) in [5.74, 6) is 0.806. The van der Waals surface area contributed by atoms with E-state index in [9.17, 15) is 4.79 Å². The zero-order valence-corrected chi connectivity index (χ0v) is 14.3. The van der Waals surface area contributed by atoms with Crippen molar-refractivity contribution in [3.63, 3.8) is 0 Å². The number of carbonyl (C=O) groups is 1. The standard InChI is InChI=1S/C20H19N3O3/c24-20(17-9-6-10-21-18(17)23-11-4-5-12-23)26-14-16-13-25-19(22-16)15-7-2-1-3-8-15/h1-3,6-10,13H,4-5,11-12,14H2. The van der Waals surface area contributed by atoms with E-state index in [0.717, 1.165) is 31.5 Å². The van der Waals surface area contributed by atoms with E-state index in [4.69, 9.17) is 9.15 Å². The van der Waals surface area contributed by atoms with Crippen LogP contribution in [0.4, 0.5) is 5.82 Å². The van der Waals surface area contributed by atoms with Gasteiger partial charge in [0.15, 0.2) is 0 Å². The van der Waals surface area contributed by atoms with Crippen molar-refractivity contribution in [3.05, 3.63) is 66.2 Å². The minimum atomic E-state index is -0.399. The monoisotopic (exact) mass is 349 g/mol. The summed E-state index contributed by atoms with van der Waals surface area (Å²) in [6.45, 7) is 1.89. The second-order valence-electron chi connectivity index (χ2n) is 6.15. The minimum Gasteiger partial charge on any atom is -0.455 e. The summed E-state index contributed by atoms with van der Waals surface area (Å²) in [6.07, 6.45) is 5.45. The van der Waals surface area contributed by atoms with Gasteiger partial charge in [-0.15, -0.1) is 0 Å². The molecule has 3 heterocycles. The lowest BCUT2D eigenvalue weighted by Gasteiger charge is -2.18. The molecule has 0 aliphatic carbocycles. The van der Waals surface area contributed by atoms with Crippen LogP contribution in [0.3, 0.4) is 0 Å². The van der Waals surface area contributed by atoms with E-state index in [2.05, 4.69) is 14.9 Å². The molecule has 26 heavy (non-hydrogen) atoms. The van der Waals surface area contributed by atoms with Gasteiger partial charge in [0.25, 0.3) is 0 Å². The number of ether oxygens (including phenoxy) is 1. The lowest BCUT2D eigenvalue weighted by atomic mass is 10.2. The molecule has 1 aromatic carbocycles. The molecular formula is C20H19N3O3. The lowest BCUT2D eigenvalue weighted by Crippen LogP contribution is -2.22. The van der Waals surface area contributed by atoms with E-state index in [-0.39, 0.29) is 6.61 Å². The van der Waals surface area contributed by atoms with Crippen LogP contribution < -0.4 is 4.90 Å². The van der Waals surface area contributed by atoms with Crippen molar-refractivity contribution in [2.45, 2.75) is 19.4 Å². The summed E-state index contributed by atoms with van der Waals surface area (Å²) in [5, 5.41) is 0. The summed E-state index contributed by atoms with van der Waals surface area (Å²) >= 11 is 0. The van der Waals surface area contributed by atoms with Crippen LogP contribution in [0.2, 0.25) is 0 Å². The van der Waals surface area contributed by atoms with Crippen molar-refractivity contribution >= 4 is 11.8 Å². The number of carbonyl (C=O) groups excluding carboxylic acids is 1. The lowest BCUT2D eigenvalue weighted by molar-refractivity contribution is 0.0468. The van der Waals surface area contributed by atoms with Crippen molar-refractivity contribution in [2.24, 2.45) is 0 Å². The predicted octanol–water partition coefficient (Wildman–Crippen LogP) is 3.69. The zero-order chi connectivity index (χ0) is 17.8. The van der Waals surface area contributed by atoms with Gasteiger partial charge in [-0.25, -0.2) is 14.8 Å². The van der Waals surface area contributed by atoms with Crippen molar-refractivity contribution in [1.29, 1.82) is 0 Å². The SMILES string of the molecule is O=C(OCc1coc(-c2ccccc2)n1)c1cccnc1N1CCCC1. The number of oxazole rings is 1. The van der Waals surface area contributed by atoms with Crippen molar-refractivity contribution < 1.29 is 13.9 Å². The molecule has 0 spiro atoms. The summed E-state index contributed by atoms with van der Waals surface area (Å²) in [5.41, 5.74) is 1.94. The van der Waals surface area contributed by atoms with Gasteiger partial charge in [-0.1, -0.05) is 18.2 Å². The van der Waals surface area contributed by atoms with Gasteiger partial charge in [0.1, 0.15) is 29.9 Å². The number of esters is 1. The molecule has 1 fully saturated rings. The number of hydrogen-bond donors (Lipinski definition) is 0. The molecule has 4 rings (SSSR count). The van der Waals surface area contributed by atoms with Crippen LogP contribution >= 0.6 is 0 Å². The Hall–Kier alpha value is -3.15. The summed E-state index contributed by atoms with van der Waals surface area (Å²) in [7, 11) is 0. The first-order valence-electron chi connectivity index (χ1n) is 8.68. The highest BCUT2D eigenvalue weighted by Crippen LogP contribution is 2.23. The number of benzene rings is 1. The Kier molecular flexibility index (Phi) is 4.64. The van der Waals surface area contributed by atoms with Crippen LogP contribution in [0.5, 0.6) is 0 Å². The van der Waals surface area contributed by atoms with Crippen LogP contribution in [0.1, 0.15) is 28.9 Å². The fourth-order valence-corrected chi connectivity index (χ4v) is 3.04. The van der Waals surface area contributed by atoms with Crippen LogP contribution in [0, 0.1) is 0 Å². The Balaban J connectivity index is 1.44. The third kappa shape index (κ3) is 3.44. The molecule has 132 valence electrons. The van der Waals surface area contributed by atoms with Crippen LogP contribution in [0.15, 0.2) is 59.3 Å². The maximum Gasteiger partial charge on any atom is 0.342 e. The van der Waals surface area contributed by atoms with Gasteiger partial charge in [-0.05, 0) is 37.1 Å². The molecule has 0 bridgehead atoms. The maximum absolute atomic E-state index is 12.5. The molecule has 0 saturated carbocycles. The van der Waals surface area contributed by atoms with Gasteiger partial charge in [0.2, 0.25) is 5.89 Å². The van der Waals surface area contributed by atoms with Crippen molar-refractivity contribution in [1.82, 2.24) is 9.97 Å². The molecule has 1 aliphatic rings. The number of anilines is 1. The molecule has 6 nitrogen and oxygen atoms in total. The van der Waals surface area contributed by atoms with Crippen molar-refractivity contribution in [2.75, 3.05) is 18.0 Å². The first-order chi connectivity index (χ1) is 12.8. The Morgan fingerprint density at radius 2 is 1.92 bits per heavy atom. The fraction of sp³-hybridized carbons (Fsp3) is 0.250. The zero-order valence-electron chi connectivity index (χ0n) is 14.3. The van der Waals surface area contributed by atoms with Gasteiger partial charge in [-0.2, -0.15) is 0 Å². The van der Waals surface area contributed by atoms with E-state index in [1.165, 1.54) is 6.26 Å². The molecule has 6 heteroatoms. The van der Waals surface area contributed by atoms with E-state index < -0.39 is 5.97 Å². The molecule has 1 saturated heterocycles. The molecule has 3 aromatic rings. The largest absolute Gasteiger partial charge is 0.455 e. The smallest absolute Gasteiger partial charge is 0.342 e. The Bertz CT molecular complexity index is 886. The molecule has 0 N–H and O–H groups in total. The highest BCUT2D eigenvalue weighted by Gasteiger charge is 2.21. The first-order valence-corrected chi connectivity index (χ1v) is 8.68. The molecule has 2 aromatic heterocycles. The molecule has 0 radical (unpaired) electrons. The Morgan fingerprint density at radius 3 is 2.73 bits per heavy atom. The summed E-state index contributed by atoms with van der Waals surface area (Å²) in [6, 6.07) is 13.1. The number of rotatable bonds is 5. The average molecular weight is 349 g/mol. The van der Waals surface area contributed by atoms with Gasteiger partial charge in [0, 0.05) is 24.8 Å². The number of aromatic nitrogens is 2. The Labute approximate surface area is 151 Å². The first kappa shape index (κ1) is 16.3. The molecule has 1 aliphatic heterocycles. The second-order valence-corrected chi connectivity index (χ2v) is 6.15.